The van der Waals surface area contributed by atoms with Crippen LogP contribution in [0.4, 0.5) is 0 Å². The summed E-state index contributed by atoms with van der Waals surface area (Å²) in [7, 11) is 0. The van der Waals surface area contributed by atoms with E-state index in [-0.39, 0.29) is 11.0 Å². The van der Waals surface area contributed by atoms with E-state index in [2.05, 4.69) is 13.8 Å². The molecule has 0 saturated carbocycles. The average Bonchev–Trinajstić information content (AvgIpc) is 2.34. The van der Waals surface area contributed by atoms with Gasteiger partial charge >= 0.3 is 5.97 Å². The summed E-state index contributed by atoms with van der Waals surface area (Å²) in [6.07, 6.45) is 2.21. The number of benzene rings is 1. The second kappa shape index (κ2) is 4.09. The molecule has 0 radical (unpaired) electrons. The Kier molecular flexibility index (Phi) is 2.98. The van der Waals surface area contributed by atoms with Crippen molar-refractivity contribution in [2.24, 2.45) is 0 Å². The molecular formula is C15H20O3. The second-order valence-electron chi connectivity index (χ2n) is 5.83. The lowest BCUT2D eigenvalue weighted by Gasteiger charge is -2.42. The lowest BCUT2D eigenvalue weighted by atomic mass is 9.66. The maximum absolute atomic E-state index is 11.1. The van der Waals surface area contributed by atoms with Crippen LogP contribution in [0.25, 0.3) is 0 Å². The number of carboxylic acids is 1. The van der Waals surface area contributed by atoms with Gasteiger partial charge in [-0.2, -0.15) is 0 Å². The van der Waals surface area contributed by atoms with Crippen LogP contribution in [0.3, 0.4) is 0 Å². The van der Waals surface area contributed by atoms with E-state index in [4.69, 9.17) is 5.11 Å². The van der Waals surface area contributed by atoms with Crippen molar-refractivity contribution in [1.82, 2.24) is 0 Å². The Morgan fingerprint density at radius 3 is 2.50 bits per heavy atom. The van der Waals surface area contributed by atoms with Crippen LogP contribution in [0.5, 0.6) is 0 Å². The quantitative estimate of drug-likeness (QED) is 0.845. The average molecular weight is 248 g/mol. The van der Waals surface area contributed by atoms with Gasteiger partial charge < -0.3 is 10.2 Å². The Labute approximate surface area is 107 Å². The highest BCUT2D eigenvalue weighted by atomic mass is 16.4. The first-order valence-corrected chi connectivity index (χ1v) is 6.41. The van der Waals surface area contributed by atoms with Gasteiger partial charge in [0.2, 0.25) is 0 Å². The molecule has 2 N–H and O–H groups in total. The largest absolute Gasteiger partial charge is 0.478 e. The van der Waals surface area contributed by atoms with Crippen LogP contribution >= 0.6 is 0 Å². The van der Waals surface area contributed by atoms with Crippen molar-refractivity contribution in [1.29, 1.82) is 0 Å². The zero-order chi connectivity index (χ0) is 13.6. The zero-order valence-corrected chi connectivity index (χ0v) is 11.2. The predicted molar refractivity (Wildman–Crippen MR) is 69.8 cm³/mol. The van der Waals surface area contributed by atoms with Crippen LogP contribution in [0.15, 0.2) is 18.2 Å². The Balaban J connectivity index is 2.64. The molecule has 18 heavy (non-hydrogen) atoms. The molecule has 1 atom stereocenters. The number of rotatable bonds is 2. The minimum absolute atomic E-state index is 0.00618. The highest BCUT2D eigenvalue weighted by molar-refractivity contribution is 5.88. The molecule has 3 heteroatoms. The number of fused-ring (bicyclic) bond motifs is 1. The summed E-state index contributed by atoms with van der Waals surface area (Å²) >= 11 is 0. The van der Waals surface area contributed by atoms with Crippen molar-refractivity contribution in [2.45, 2.75) is 51.0 Å². The molecule has 1 aliphatic carbocycles. The highest BCUT2D eigenvalue weighted by Crippen LogP contribution is 2.46. The molecule has 0 spiro atoms. The van der Waals surface area contributed by atoms with E-state index in [1.165, 1.54) is 0 Å². The van der Waals surface area contributed by atoms with Gasteiger partial charge in [-0.25, -0.2) is 4.79 Å². The van der Waals surface area contributed by atoms with Crippen molar-refractivity contribution in [3.05, 3.63) is 34.9 Å². The van der Waals surface area contributed by atoms with Gasteiger partial charge in [0.1, 0.15) is 0 Å². The minimum Gasteiger partial charge on any atom is -0.478 e. The van der Waals surface area contributed by atoms with Gasteiger partial charge in [-0.05, 0) is 47.9 Å². The van der Waals surface area contributed by atoms with Crippen molar-refractivity contribution >= 4 is 5.97 Å². The van der Waals surface area contributed by atoms with Crippen LogP contribution in [-0.4, -0.2) is 16.2 Å². The molecule has 2 rings (SSSR count). The maximum Gasteiger partial charge on any atom is 0.335 e. The number of carbonyl (C=O) groups is 1. The standard InChI is InChI=1S/C15H20O3/c1-4-15(18)8-7-14(2,3)11-6-5-10(13(16)17)9-12(11)15/h5-6,9,18H,4,7-8H2,1-3H3,(H,16,17). The van der Waals surface area contributed by atoms with Gasteiger partial charge in [-0.3, -0.25) is 0 Å². The summed E-state index contributed by atoms with van der Waals surface area (Å²) in [6, 6.07) is 5.13. The first-order chi connectivity index (χ1) is 8.30. The first kappa shape index (κ1) is 13.1. The van der Waals surface area contributed by atoms with E-state index in [1.54, 1.807) is 12.1 Å². The van der Waals surface area contributed by atoms with E-state index >= 15 is 0 Å². The van der Waals surface area contributed by atoms with E-state index in [1.807, 2.05) is 13.0 Å². The molecule has 0 aliphatic heterocycles. The Morgan fingerprint density at radius 2 is 1.94 bits per heavy atom. The van der Waals surface area contributed by atoms with Crippen molar-refractivity contribution < 1.29 is 15.0 Å². The molecule has 0 aromatic heterocycles. The normalized spacial score (nSPS) is 25.6. The second-order valence-corrected chi connectivity index (χ2v) is 5.83. The molecule has 3 nitrogen and oxygen atoms in total. The fourth-order valence-corrected chi connectivity index (χ4v) is 2.81. The van der Waals surface area contributed by atoms with Gasteiger partial charge in [0.25, 0.3) is 0 Å². The maximum atomic E-state index is 11.1. The third-order valence-electron chi connectivity index (χ3n) is 4.25. The third-order valence-corrected chi connectivity index (χ3v) is 4.25. The Morgan fingerprint density at radius 1 is 1.28 bits per heavy atom. The monoisotopic (exact) mass is 248 g/mol. The number of hydrogen-bond acceptors (Lipinski definition) is 2. The molecule has 98 valence electrons. The van der Waals surface area contributed by atoms with Crippen molar-refractivity contribution in [3.63, 3.8) is 0 Å². The van der Waals surface area contributed by atoms with Gasteiger partial charge in [0, 0.05) is 0 Å². The topological polar surface area (TPSA) is 57.5 Å². The summed E-state index contributed by atoms with van der Waals surface area (Å²) in [5, 5.41) is 19.8. The molecule has 0 bridgehead atoms. The lowest BCUT2D eigenvalue weighted by Crippen LogP contribution is -2.37. The molecule has 0 saturated heterocycles. The molecule has 0 heterocycles. The van der Waals surface area contributed by atoms with Crippen LogP contribution in [-0.2, 0) is 11.0 Å². The van der Waals surface area contributed by atoms with Crippen LogP contribution in [0, 0.1) is 0 Å². The fourth-order valence-electron chi connectivity index (χ4n) is 2.81. The number of aliphatic hydroxyl groups is 1. The molecule has 1 aliphatic rings. The van der Waals surface area contributed by atoms with Gasteiger partial charge in [0.05, 0.1) is 11.2 Å². The number of hydrogen-bond donors (Lipinski definition) is 2. The lowest BCUT2D eigenvalue weighted by molar-refractivity contribution is 0.00490. The Bertz CT molecular complexity index is 491. The summed E-state index contributed by atoms with van der Waals surface area (Å²) in [4.78, 5) is 11.1. The Hall–Kier alpha value is -1.35. The molecule has 1 unspecified atom stereocenters. The highest BCUT2D eigenvalue weighted by Gasteiger charge is 2.40. The molecule has 0 amide bonds. The zero-order valence-electron chi connectivity index (χ0n) is 11.2. The summed E-state index contributed by atoms with van der Waals surface area (Å²) in [6.45, 7) is 6.22. The third kappa shape index (κ3) is 1.93. The smallest absolute Gasteiger partial charge is 0.335 e. The van der Waals surface area contributed by atoms with Gasteiger partial charge in [0.15, 0.2) is 0 Å². The van der Waals surface area contributed by atoms with Crippen LogP contribution in [0.1, 0.15) is 61.5 Å². The van der Waals surface area contributed by atoms with E-state index in [0.29, 0.717) is 12.8 Å². The van der Waals surface area contributed by atoms with Crippen LogP contribution in [0.2, 0.25) is 0 Å². The molecule has 1 aromatic carbocycles. The number of carboxylic acid groups (broad SMARTS) is 1. The van der Waals surface area contributed by atoms with E-state index in [9.17, 15) is 9.90 Å². The SMILES string of the molecule is CCC1(O)CCC(C)(C)c2ccc(C(=O)O)cc21. The summed E-state index contributed by atoms with van der Waals surface area (Å²) in [5.74, 6) is -0.945. The van der Waals surface area contributed by atoms with Crippen molar-refractivity contribution in [2.75, 3.05) is 0 Å². The van der Waals surface area contributed by atoms with Crippen LogP contribution < -0.4 is 0 Å². The molecule has 0 fully saturated rings. The summed E-state index contributed by atoms with van der Waals surface area (Å²) in [5.41, 5.74) is 1.23. The van der Waals surface area contributed by atoms with E-state index < -0.39 is 11.6 Å². The number of aromatic carboxylic acids is 1. The minimum atomic E-state index is -0.945. The fraction of sp³-hybridized carbons (Fsp3) is 0.533. The van der Waals surface area contributed by atoms with Gasteiger partial charge in [-0.1, -0.05) is 26.8 Å². The predicted octanol–water partition coefficient (Wildman–Crippen LogP) is 3.05. The molecular weight excluding hydrogens is 228 g/mol. The van der Waals surface area contributed by atoms with Crippen molar-refractivity contribution in [3.8, 4) is 0 Å². The van der Waals surface area contributed by atoms with E-state index in [0.717, 1.165) is 17.5 Å². The summed E-state index contributed by atoms with van der Waals surface area (Å²) < 4.78 is 0. The van der Waals surface area contributed by atoms with Gasteiger partial charge in [-0.15, -0.1) is 0 Å². The molecule has 1 aromatic rings. The first-order valence-electron chi connectivity index (χ1n) is 6.41.